The van der Waals surface area contributed by atoms with Crippen molar-refractivity contribution < 1.29 is 4.79 Å². The van der Waals surface area contributed by atoms with Crippen molar-refractivity contribution in [2.24, 2.45) is 0 Å². The number of aryl methyl sites for hydroxylation is 1. The van der Waals surface area contributed by atoms with Crippen molar-refractivity contribution in [1.29, 1.82) is 0 Å². The molecule has 0 bridgehead atoms. The molecule has 1 aromatic heterocycles. The lowest BCUT2D eigenvalue weighted by molar-refractivity contribution is 0.0791. The van der Waals surface area contributed by atoms with E-state index in [9.17, 15) is 4.79 Å². The van der Waals surface area contributed by atoms with Crippen LogP contribution in [0.25, 0.3) is 0 Å². The maximum Gasteiger partial charge on any atom is 0.293 e. The van der Waals surface area contributed by atoms with Gasteiger partial charge in [-0.05, 0) is 6.92 Å². The van der Waals surface area contributed by atoms with E-state index < -0.39 is 0 Å². The van der Waals surface area contributed by atoms with E-state index in [2.05, 4.69) is 15.2 Å². The van der Waals surface area contributed by atoms with Crippen molar-refractivity contribution in [2.45, 2.75) is 20.3 Å². The Morgan fingerprint density at radius 1 is 1.54 bits per heavy atom. The Kier molecular flexibility index (Phi) is 3.00. The van der Waals surface area contributed by atoms with Crippen molar-refractivity contribution >= 4 is 5.91 Å². The van der Waals surface area contributed by atoms with E-state index in [1.54, 1.807) is 11.9 Å². The fraction of sp³-hybridized carbons (Fsp3) is 0.625. The molecule has 72 valence electrons. The first-order valence-electron chi connectivity index (χ1n) is 4.35. The minimum Gasteiger partial charge on any atom is -0.339 e. The molecular weight excluding hydrogens is 168 g/mol. The second-order valence-electron chi connectivity index (χ2n) is 2.78. The van der Waals surface area contributed by atoms with Gasteiger partial charge < -0.3 is 4.90 Å². The summed E-state index contributed by atoms with van der Waals surface area (Å²) in [6, 6.07) is 0. The lowest BCUT2D eigenvalue weighted by atomic mass is 10.4. The van der Waals surface area contributed by atoms with Gasteiger partial charge in [0.15, 0.2) is 0 Å². The van der Waals surface area contributed by atoms with E-state index in [1.165, 1.54) is 0 Å². The Bertz CT molecular complexity index is 294. The number of nitrogens with zero attached hydrogens (tertiary/aromatic N) is 3. The molecule has 1 heterocycles. The van der Waals surface area contributed by atoms with E-state index in [0.29, 0.717) is 6.54 Å². The summed E-state index contributed by atoms with van der Waals surface area (Å²) in [6.07, 6.45) is 0.760. The topological polar surface area (TPSA) is 61.9 Å². The molecule has 5 nitrogen and oxygen atoms in total. The van der Waals surface area contributed by atoms with Gasteiger partial charge in [-0.3, -0.25) is 9.89 Å². The lowest BCUT2D eigenvalue weighted by Gasteiger charge is -2.10. The summed E-state index contributed by atoms with van der Waals surface area (Å²) in [6.45, 7) is 4.53. The fourth-order valence-electron chi connectivity index (χ4n) is 0.863. The number of hydrogen-bond donors (Lipinski definition) is 1. The molecule has 0 saturated heterocycles. The van der Waals surface area contributed by atoms with Gasteiger partial charge in [0.2, 0.25) is 5.82 Å². The van der Waals surface area contributed by atoms with Gasteiger partial charge in [0.1, 0.15) is 5.82 Å². The highest BCUT2D eigenvalue weighted by Gasteiger charge is 2.14. The summed E-state index contributed by atoms with van der Waals surface area (Å²) in [4.78, 5) is 17.1. The lowest BCUT2D eigenvalue weighted by Crippen LogP contribution is -2.27. The molecule has 0 saturated carbocycles. The van der Waals surface area contributed by atoms with Crippen LogP contribution in [0.2, 0.25) is 0 Å². The van der Waals surface area contributed by atoms with E-state index >= 15 is 0 Å². The first kappa shape index (κ1) is 9.70. The number of aromatic nitrogens is 3. The van der Waals surface area contributed by atoms with Crippen LogP contribution >= 0.6 is 0 Å². The van der Waals surface area contributed by atoms with Gasteiger partial charge in [-0.25, -0.2) is 4.98 Å². The van der Waals surface area contributed by atoms with E-state index in [-0.39, 0.29) is 11.7 Å². The van der Waals surface area contributed by atoms with E-state index in [0.717, 1.165) is 12.2 Å². The molecule has 5 heteroatoms. The molecular formula is C8H14N4O. The van der Waals surface area contributed by atoms with Gasteiger partial charge in [0.05, 0.1) is 0 Å². The Labute approximate surface area is 77.2 Å². The number of carbonyl (C=O) groups excluding carboxylic acids is 1. The number of hydrogen-bond acceptors (Lipinski definition) is 3. The summed E-state index contributed by atoms with van der Waals surface area (Å²) in [5, 5.41) is 6.54. The van der Waals surface area contributed by atoms with E-state index in [4.69, 9.17) is 0 Å². The summed E-state index contributed by atoms with van der Waals surface area (Å²) >= 11 is 0. The molecule has 0 aromatic carbocycles. The highest BCUT2D eigenvalue weighted by Crippen LogP contribution is 1.97. The molecule has 0 spiro atoms. The average molecular weight is 182 g/mol. The Balaban J connectivity index is 2.77. The summed E-state index contributed by atoms with van der Waals surface area (Å²) in [5.41, 5.74) is 0. The average Bonchev–Trinajstić information content (AvgIpc) is 2.63. The van der Waals surface area contributed by atoms with Crippen LogP contribution in [-0.4, -0.2) is 39.6 Å². The number of amides is 1. The van der Waals surface area contributed by atoms with Crippen LogP contribution in [0.15, 0.2) is 0 Å². The quantitative estimate of drug-likeness (QED) is 0.738. The third-order valence-electron chi connectivity index (χ3n) is 1.88. The fourth-order valence-corrected chi connectivity index (χ4v) is 0.863. The standard InChI is InChI=1S/C8H14N4O/c1-4-6-9-7(11-10-6)8(13)12(3)5-2/h4-5H2,1-3H3,(H,9,10,11). The second-order valence-corrected chi connectivity index (χ2v) is 2.78. The number of aromatic amines is 1. The molecule has 1 rings (SSSR count). The molecule has 0 aliphatic heterocycles. The maximum absolute atomic E-state index is 11.5. The van der Waals surface area contributed by atoms with Crippen LogP contribution in [0, 0.1) is 0 Å². The number of nitrogens with one attached hydrogen (secondary N) is 1. The Morgan fingerprint density at radius 3 is 2.69 bits per heavy atom. The van der Waals surface area contributed by atoms with Crippen molar-refractivity contribution in [3.63, 3.8) is 0 Å². The summed E-state index contributed by atoms with van der Waals surface area (Å²) < 4.78 is 0. The second kappa shape index (κ2) is 4.02. The zero-order chi connectivity index (χ0) is 9.84. The highest BCUT2D eigenvalue weighted by molar-refractivity contribution is 5.90. The van der Waals surface area contributed by atoms with Crippen molar-refractivity contribution in [2.75, 3.05) is 13.6 Å². The minimum absolute atomic E-state index is 0.140. The molecule has 0 aliphatic rings. The molecule has 1 N–H and O–H groups in total. The van der Waals surface area contributed by atoms with Gasteiger partial charge in [-0.15, -0.1) is 5.10 Å². The highest BCUT2D eigenvalue weighted by atomic mass is 16.2. The maximum atomic E-state index is 11.5. The number of carbonyl (C=O) groups is 1. The predicted octanol–water partition coefficient (Wildman–Crippen LogP) is 0.459. The number of H-pyrrole nitrogens is 1. The normalized spacial score (nSPS) is 10.1. The molecule has 1 amide bonds. The zero-order valence-corrected chi connectivity index (χ0v) is 8.16. The smallest absolute Gasteiger partial charge is 0.293 e. The molecule has 1 aromatic rings. The third kappa shape index (κ3) is 2.05. The third-order valence-corrected chi connectivity index (χ3v) is 1.88. The predicted molar refractivity (Wildman–Crippen MR) is 48.4 cm³/mol. The van der Waals surface area contributed by atoms with Gasteiger partial charge >= 0.3 is 0 Å². The summed E-state index contributed by atoms with van der Waals surface area (Å²) in [5.74, 6) is 0.854. The van der Waals surface area contributed by atoms with Gasteiger partial charge in [0, 0.05) is 20.0 Å². The summed E-state index contributed by atoms with van der Waals surface area (Å²) in [7, 11) is 1.73. The molecule has 13 heavy (non-hydrogen) atoms. The first-order chi connectivity index (χ1) is 6.19. The zero-order valence-electron chi connectivity index (χ0n) is 8.16. The van der Waals surface area contributed by atoms with Crippen LogP contribution in [0.5, 0.6) is 0 Å². The monoisotopic (exact) mass is 182 g/mol. The van der Waals surface area contributed by atoms with Gasteiger partial charge in [-0.2, -0.15) is 0 Å². The van der Waals surface area contributed by atoms with Gasteiger partial charge in [-0.1, -0.05) is 6.92 Å². The molecule has 0 atom stereocenters. The molecule has 0 unspecified atom stereocenters. The van der Waals surface area contributed by atoms with Crippen LogP contribution in [0.1, 0.15) is 30.3 Å². The van der Waals surface area contributed by atoms with Crippen LogP contribution in [-0.2, 0) is 6.42 Å². The molecule has 0 aliphatic carbocycles. The first-order valence-corrected chi connectivity index (χ1v) is 4.35. The Hall–Kier alpha value is -1.39. The largest absolute Gasteiger partial charge is 0.339 e. The van der Waals surface area contributed by atoms with Gasteiger partial charge in [0.25, 0.3) is 5.91 Å². The van der Waals surface area contributed by atoms with Crippen LogP contribution in [0.3, 0.4) is 0 Å². The van der Waals surface area contributed by atoms with E-state index in [1.807, 2.05) is 13.8 Å². The molecule has 0 fully saturated rings. The van der Waals surface area contributed by atoms with Crippen molar-refractivity contribution in [1.82, 2.24) is 20.1 Å². The van der Waals surface area contributed by atoms with Crippen LogP contribution in [0.4, 0.5) is 0 Å². The van der Waals surface area contributed by atoms with Crippen molar-refractivity contribution in [3.8, 4) is 0 Å². The number of rotatable bonds is 3. The van der Waals surface area contributed by atoms with Crippen molar-refractivity contribution in [3.05, 3.63) is 11.6 Å². The Morgan fingerprint density at radius 2 is 2.23 bits per heavy atom. The SMILES string of the molecule is CCc1nc(C(=O)N(C)CC)n[nH]1. The van der Waals surface area contributed by atoms with Crippen LogP contribution < -0.4 is 0 Å². The minimum atomic E-state index is -0.140. The molecule has 0 radical (unpaired) electrons.